The van der Waals surface area contributed by atoms with Gasteiger partial charge < -0.3 is 10.3 Å². The topological polar surface area (TPSA) is 102 Å². The van der Waals surface area contributed by atoms with E-state index in [-0.39, 0.29) is 23.3 Å². The summed E-state index contributed by atoms with van der Waals surface area (Å²) in [7, 11) is 1.72. The number of hydrazine groups is 1. The second-order valence-corrected chi connectivity index (χ2v) is 4.69. The second-order valence-electron chi connectivity index (χ2n) is 4.69. The largest absolute Gasteiger partial charge is 0.339 e. The molecule has 0 bridgehead atoms. The first-order valence-corrected chi connectivity index (χ1v) is 6.44. The number of nitrogen functional groups attached to an aromatic ring is 1. The summed E-state index contributed by atoms with van der Waals surface area (Å²) >= 11 is 0. The van der Waals surface area contributed by atoms with Gasteiger partial charge >= 0.3 is 0 Å². The summed E-state index contributed by atoms with van der Waals surface area (Å²) in [6.07, 6.45) is 1.88. The molecule has 0 saturated carbocycles. The number of hydrogen-bond donors (Lipinski definition) is 2. The van der Waals surface area contributed by atoms with Crippen LogP contribution < -0.4 is 11.3 Å². The van der Waals surface area contributed by atoms with Gasteiger partial charge in [0.2, 0.25) is 0 Å². The van der Waals surface area contributed by atoms with Crippen LogP contribution in [-0.4, -0.2) is 28.8 Å². The number of benzene rings is 1. The predicted molar refractivity (Wildman–Crippen MR) is 77.4 cm³/mol. The zero-order valence-electron chi connectivity index (χ0n) is 11.9. The minimum absolute atomic E-state index is 0.108. The van der Waals surface area contributed by atoms with E-state index in [1.54, 1.807) is 11.9 Å². The van der Waals surface area contributed by atoms with E-state index in [0.29, 0.717) is 5.56 Å². The summed E-state index contributed by atoms with van der Waals surface area (Å²) in [5.74, 6) is 5.08. The molecular formula is C13H20N4O3. The third kappa shape index (κ3) is 3.45. The number of nitro benzene ring substituents is 1. The van der Waals surface area contributed by atoms with E-state index < -0.39 is 4.92 Å². The van der Waals surface area contributed by atoms with E-state index >= 15 is 0 Å². The molecule has 1 rings (SSSR count). The van der Waals surface area contributed by atoms with Gasteiger partial charge in [0.05, 0.1) is 4.92 Å². The maximum atomic E-state index is 12.3. The molecule has 7 nitrogen and oxygen atoms in total. The number of nitrogens with zero attached hydrogens (tertiary/aromatic N) is 2. The fourth-order valence-electron chi connectivity index (χ4n) is 1.96. The number of nitrogens with two attached hydrogens (primary N) is 1. The van der Waals surface area contributed by atoms with Crippen molar-refractivity contribution < 1.29 is 9.72 Å². The van der Waals surface area contributed by atoms with Crippen molar-refractivity contribution in [3.63, 3.8) is 0 Å². The van der Waals surface area contributed by atoms with Gasteiger partial charge in [-0.25, -0.2) is 0 Å². The molecule has 20 heavy (non-hydrogen) atoms. The Bertz CT molecular complexity index is 504. The third-order valence-corrected chi connectivity index (χ3v) is 3.28. The number of carbonyl (C=O) groups excluding carboxylic acids is 1. The van der Waals surface area contributed by atoms with Crippen LogP contribution in [0, 0.1) is 10.1 Å². The average Bonchev–Trinajstić information content (AvgIpc) is 2.44. The van der Waals surface area contributed by atoms with Crippen molar-refractivity contribution in [2.45, 2.75) is 32.7 Å². The maximum Gasteiger partial charge on any atom is 0.293 e. The molecule has 0 aliphatic carbocycles. The standard InChI is InChI=1S/C13H20N4O3/c1-4-5-9(2)16(3)13(18)10-6-7-12(17(19)20)11(8-10)15-14/h6-9,15H,4-5,14H2,1-3H3. The summed E-state index contributed by atoms with van der Waals surface area (Å²) in [4.78, 5) is 24.2. The van der Waals surface area contributed by atoms with Crippen molar-refractivity contribution >= 4 is 17.3 Å². The second kappa shape index (κ2) is 6.85. The van der Waals surface area contributed by atoms with E-state index in [4.69, 9.17) is 5.84 Å². The lowest BCUT2D eigenvalue weighted by atomic mass is 10.1. The quantitative estimate of drug-likeness (QED) is 0.472. The van der Waals surface area contributed by atoms with E-state index in [9.17, 15) is 14.9 Å². The number of carbonyl (C=O) groups is 1. The van der Waals surface area contributed by atoms with Crippen molar-refractivity contribution in [3.05, 3.63) is 33.9 Å². The highest BCUT2D eigenvalue weighted by molar-refractivity contribution is 5.96. The van der Waals surface area contributed by atoms with E-state index in [2.05, 4.69) is 12.3 Å². The zero-order valence-corrected chi connectivity index (χ0v) is 11.9. The Labute approximate surface area is 117 Å². The van der Waals surface area contributed by atoms with Crippen LogP contribution in [0.4, 0.5) is 11.4 Å². The van der Waals surface area contributed by atoms with E-state index in [1.807, 2.05) is 6.92 Å². The molecule has 0 radical (unpaired) electrons. The van der Waals surface area contributed by atoms with Gasteiger partial charge in [0.1, 0.15) is 5.69 Å². The predicted octanol–water partition coefficient (Wildman–Crippen LogP) is 2.14. The van der Waals surface area contributed by atoms with Gasteiger partial charge in [-0.3, -0.25) is 20.8 Å². The Balaban J connectivity index is 3.02. The van der Waals surface area contributed by atoms with Gasteiger partial charge in [-0.05, 0) is 25.5 Å². The Morgan fingerprint density at radius 3 is 2.70 bits per heavy atom. The first kappa shape index (κ1) is 15.9. The molecule has 110 valence electrons. The lowest BCUT2D eigenvalue weighted by Gasteiger charge is -2.24. The smallest absolute Gasteiger partial charge is 0.293 e. The van der Waals surface area contributed by atoms with Crippen LogP contribution in [0.1, 0.15) is 37.0 Å². The monoisotopic (exact) mass is 280 g/mol. The van der Waals surface area contributed by atoms with Gasteiger partial charge in [0.25, 0.3) is 11.6 Å². The molecule has 0 spiro atoms. The van der Waals surface area contributed by atoms with E-state index in [0.717, 1.165) is 12.8 Å². The first-order valence-electron chi connectivity index (χ1n) is 6.44. The van der Waals surface area contributed by atoms with Gasteiger partial charge in [0.15, 0.2) is 0 Å². The lowest BCUT2D eigenvalue weighted by Crippen LogP contribution is -2.35. The molecule has 1 amide bonds. The van der Waals surface area contributed by atoms with Crippen LogP contribution in [0.15, 0.2) is 18.2 Å². The fraction of sp³-hybridized carbons (Fsp3) is 0.462. The highest BCUT2D eigenvalue weighted by atomic mass is 16.6. The summed E-state index contributed by atoms with van der Waals surface area (Å²) in [6.45, 7) is 4.02. The summed E-state index contributed by atoms with van der Waals surface area (Å²) in [5, 5.41) is 10.8. The molecule has 1 atom stereocenters. The molecule has 1 unspecified atom stereocenters. The molecule has 0 aromatic heterocycles. The Morgan fingerprint density at radius 2 is 2.20 bits per heavy atom. The summed E-state index contributed by atoms with van der Waals surface area (Å²) < 4.78 is 0. The molecule has 0 fully saturated rings. The molecule has 0 aliphatic heterocycles. The third-order valence-electron chi connectivity index (χ3n) is 3.28. The van der Waals surface area contributed by atoms with Crippen LogP contribution in [0.5, 0.6) is 0 Å². The highest BCUT2D eigenvalue weighted by Crippen LogP contribution is 2.25. The Hall–Kier alpha value is -2.15. The van der Waals surface area contributed by atoms with Gasteiger partial charge in [0, 0.05) is 24.7 Å². The minimum atomic E-state index is -0.549. The Morgan fingerprint density at radius 1 is 1.55 bits per heavy atom. The number of amides is 1. The number of nitrogens with one attached hydrogen (secondary N) is 1. The maximum absolute atomic E-state index is 12.3. The number of rotatable bonds is 6. The van der Waals surface area contributed by atoms with E-state index in [1.165, 1.54) is 18.2 Å². The van der Waals surface area contributed by atoms with Crippen LogP contribution in [-0.2, 0) is 0 Å². The zero-order chi connectivity index (χ0) is 15.3. The van der Waals surface area contributed by atoms with Gasteiger partial charge in [-0.15, -0.1) is 0 Å². The average molecular weight is 280 g/mol. The summed E-state index contributed by atoms with van der Waals surface area (Å²) in [5.41, 5.74) is 2.59. The van der Waals surface area contributed by atoms with Crippen molar-refractivity contribution in [1.29, 1.82) is 0 Å². The fourth-order valence-corrected chi connectivity index (χ4v) is 1.96. The van der Waals surface area contributed by atoms with Crippen LogP contribution in [0.25, 0.3) is 0 Å². The molecule has 1 aromatic rings. The van der Waals surface area contributed by atoms with Gasteiger partial charge in [-0.2, -0.15) is 0 Å². The highest BCUT2D eigenvalue weighted by Gasteiger charge is 2.20. The number of hydrogen-bond acceptors (Lipinski definition) is 5. The van der Waals surface area contributed by atoms with Crippen molar-refractivity contribution in [3.8, 4) is 0 Å². The van der Waals surface area contributed by atoms with Gasteiger partial charge in [-0.1, -0.05) is 13.3 Å². The minimum Gasteiger partial charge on any atom is -0.339 e. The van der Waals surface area contributed by atoms with Crippen molar-refractivity contribution in [1.82, 2.24) is 4.90 Å². The Kier molecular flexibility index (Phi) is 5.45. The van der Waals surface area contributed by atoms with Crippen LogP contribution in [0.2, 0.25) is 0 Å². The molecule has 0 heterocycles. The number of anilines is 1. The van der Waals surface area contributed by atoms with Crippen LogP contribution >= 0.6 is 0 Å². The molecule has 7 heteroatoms. The molecule has 0 saturated heterocycles. The van der Waals surface area contributed by atoms with Crippen molar-refractivity contribution in [2.24, 2.45) is 5.84 Å². The SMILES string of the molecule is CCCC(C)N(C)C(=O)c1ccc([N+](=O)[O-])c(NN)c1. The number of nitro groups is 1. The van der Waals surface area contributed by atoms with Crippen LogP contribution in [0.3, 0.4) is 0 Å². The van der Waals surface area contributed by atoms with Crippen molar-refractivity contribution in [2.75, 3.05) is 12.5 Å². The molecule has 1 aromatic carbocycles. The lowest BCUT2D eigenvalue weighted by molar-refractivity contribution is -0.384. The molecular weight excluding hydrogens is 260 g/mol. The summed E-state index contributed by atoms with van der Waals surface area (Å²) in [6, 6.07) is 4.23. The first-order chi connectivity index (χ1) is 9.42. The molecule has 0 aliphatic rings. The normalized spacial score (nSPS) is 11.8. The molecule has 3 N–H and O–H groups in total.